The highest BCUT2D eigenvalue weighted by atomic mass is 16.5. The number of aromatic amines is 1. The summed E-state index contributed by atoms with van der Waals surface area (Å²) in [5.74, 6) is 0.728. The Hall–Kier alpha value is -3.70. The second kappa shape index (κ2) is 8.09. The van der Waals surface area contributed by atoms with Gasteiger partial charge < -0.3 is 19.5 Å². The molecule has 2 aliphatic rings. The summed E-state index contributed by atoms with van der Waals surface area (Å²) in [5.41, 5.74) is 4.00. The van der Waals surface area contributed by atoms with Gasteiger partial charge in [0.1, 0.15) is 11.2 Å². The van der Waals surface area contributed by atoms with Gasteiger partial charge >= 0.3 is 0 Å². The minimum Gasteiger partial charge on any atom is -0.378 e. The van der Waals surface area contributed by atoms with E-state index in [1.165, 1.54) is 0 Å². The lowest BCUT2D eigenvalue weighted by atomic mass is 9.99. The van der Waals surface area contributed by atoms with Gasteiger partial charge in [-0.2, -0.15) is 5.26 Å². The van der Waals surface area contributed by atoms with Crippen LogP contribution in [0, 0.1) is 11.3 Å². The first kappa shape index (κ1) is 20.2. The van der Waals surface area contributed by atoms with Crippen LogP contribution in [0.1, 0.15) is 19.4 Å². The number of nitriles is 1. The monoisotopic (exact) mass is 427 g/mol. The number of hydrogen-bond acceptors (Lipinski definition) is 7. The molecule has 0 atom stereocenters. The van der Waals surface area contributed by atoms with E-state index in [4.69, 9.17) is 4.74 Å². The molecule has 0 radical (unpaired) electrons. The molecule has 1 fully saturated rings. The molecule has 5 heterocycles. The fourth-order valence-electron chi connectivity index (χ4n) is 4.05. The number of morpholine rings is 1. The van der Waals surface area contributed by atoms with Gasteiger partial charge in [-0.05, 0) is 32.1 Å². The van der Waals surface area contributed by atoms with Crippen LogP contribution in [0.15, 0.2) is 49.0 Å². The summed E-state index contributed by atoms with van der Waals surface area (Å²) >= 11 is 0. The lowest BCUT2D eigenvalue weighted by Crippen LogP contribution is -2.42. The number of rotatable bonds is 4. The van der Waals surface area contributed by atoms with Gasteiger partial charge in [0.2, 0.25) is 5.95 Å². The van der Waals surface area contributed by atoms with Gasteiger partial charge in [-0.15, -0.1) is 0 Å². The number of aromatic nitrogens is 4. The maximum absolute atomic E-state index is 9.63. The van der Waals surface area contributed by atoms with Crippen LogP contribution in [0.25, 0.3) is 28.0 Å². The molecule has 3 aromatic rings. The van der Waals surface area contributed by atoms with E-state index in [0.29, 0.717) is 19.8 Å². The van der Waals surface area contributed by atoms with Crippen molar-refractivity contribution in [2.45, 2.75) is 19.4 Å². The van der Waals surface area contributed by atoms with Gasteiger partial charge in [0.05, 0.1) is 25.0 Å². The average molecular weight is 428 g/mol. The fraction of sp³-hybridized carbons (Fsp3) is 0.333. The van der Waals surface area contributed by atoms with Crippen molar-refractivity contribution >= 4 is 22.7 Å². The molecule has 0 unspecified atom stereocenters. The van der Waals surface area contributed by atoms with Gasteiger partial charge in [0.25, 0.3) is 0 Å². The highest BCUT2D eigenvalue weighted by molar-refractivity contribution is 5.86. The van der Waals surface area contributed by atoms with E-state index in [0.717, 1.165) is 52.6 Å². The van der Waals surface area contributed by atoms with Crippen molar-refractivity contribution < 1.29 is 4.74 Å². The molecule has 32 heavy (non-hydrogen) atoms. The number of pyridine rings is 1. The molecule has 162 valence electrons. The van der Waals surface area contributed by atoms with Crippen LogP contribution < -0.4 is 4.90 Å². The molecule has 3 aromatic heterocycles. The summed E-state index contributed by atoms with van der Waals surface area (Å²) in [4.78, 5) is 21.3. The summed E-state index contributed by atoms with van der Waals surface area (Å²) in [6, 6.07) is 6.58. The largest absolute Gasteiger partial charge is 0.378 e. The van der Waals surface area contributed by atoms with Gasteiger partial charge in [0, 0.05) is 60.4 Å². The molecule has 0 aliphatic carbocycles. The number of H-pyrrole nitrogens is 1. The van der Waals surface area contributed by atoms with E-state index in [1.54, 1.807) is 0 Å². The molecule has 0 amide bonds. The van der Waals surface area contributed by atoms with Crippen LogP contribution >= 0.6 is 0 Å². The fourth-order valence-corrected chi connectivity index (χ4v) is 4.05. The molecule has 0 spiro atoms. The predicted octanol–water partition coefficient (Wildman–Crippen LogP) is 3.37. The molecular formula is C24H25N7O. The lowest BCUT2D eigenvalue weighted by Gasteiger charge is -2.37. The number of anilines is 1. The van der Waals surface area contributed by atoms with Crippen LogP contribution in [0.3, 0.4) is 0 Å². The van der Waals surface area contributed by atoms with Crippen LogP contribution in [0.2, 0.25) is 0 Å². The zero-order valence-corrected chi connectivity index (χ0v) is 18.2. The number of hydrogen-bond donors (Lipinski definition) is 1. The quantitative estimate of drug-likeness (QED) is 0.682. The number of ether oxygens (including phenoxy) is 1. The number of fused-ring (bicyclic) bond motifs is 1. The summed E-state index contributed by atoms with van der Waals surface area (Å²) in [5, 5.41) is 10.6. The van der Waals surface area contributed by atoms with Crippen LogP contribution in [0.5, 0.6) is 0 Å². The highest BCUT2D eigenvalue weighted by Crippen LogP contribution is 2.31. The number of nitrogens with one attached hydrogen (secondary N) is 1. The lowest BCUT2D eigenvalue weighted by molar-refractivity contribution is 0.122. The Balaban J connectivity index is 1.44. The molecule has 5 rings (SSSR count). The van der Waals surface area contributed by atoms with Gasteiger partial charge in [-0.3, -0.25) is 0 Å². The van der Waals surface area contributed by atoms with Crippen molar-refractivity contribution in [2.24, 2.45) is 0 Å². The minimum absolute atomic E-state index is 0.617. The first-order valence-electron chi connectivity index (χ1n) is 10.8. The Bertz CT molecular complexity index is 1230. The summed E-state index contributed by atoms with van der Waals surface area (Å²) in [7, 11) is 0. The number of allylic oxidation sites excluding steroid dienone is 2. The highest BCUT2D eigenvalue weighted by Gasteiger charge is 2.29. The van der Waals surface area contributed by atoms with Gasteiger partial charge in [-0.25, -0.2) is 15.0 Å². The normalized spacial score (nSPS) is 16.8. The van der Waals surface area contributed by atoms with Crippen molar-refractivity contribution in [1.82, 2.24) is 24.8 Å². The van der Waals surface area contributed by atoms with E-state index in [9.17, 15) is 5.26 Å². The zero-order valence-electron chi connectivity index (χ0n) is 18.2. The van der Waals surface area contributed by atoms with Crippen molar-refractivity contribution in [3.63, 3.8) is 0 Å². The van der Waals surface area contributed by atoms with E-state index >= 15 is 0 Å². The summed E-state index contributed by atoms with van der Waals surface area (Å²) < 4.78 is 5.40. The van der Waals surface area contributed by atoms with Crippen molar-refractivity contribution in [3.05, 3.63) is 54.5 Å². The maximum atomic E-state index is 9.63. The molecule has 8 heteroatoms. The van der Waals surface area contributed by atoms with Crippen molar-refractivity contribution in [2.75, 3.05) is 37.7 Å². The van der Waals surface area contributed by atoms with E-state index in [2.05, 4.69) is 54.0 Å². The Morgan fingerprint density at radius 3 is 2.56 bits per heavy atom. The molecule has 1 N–H and O–H groups in total. The first-order chi connectivity index (χ1) is 15.5. The first-order valence-corrected chi connectivity index (χ1v) is 10.8. The maximum Gasteiger partial charge on any atom is 0.225 e. The Morgan fingerprint density at radius 1 is 1.06 bits per heavy atom. The summed E-state index contributed by atoms with van der Waals surface area (Å²) in [6.07, 6.45) is 11.7. The van der Waals surface area contributed by atoms with Crippen LogP contribution in [-0.4, -0.2) is 63.2 Å². The third-order valence-electron chi connectivity index (χ3n) is 5.93. The topological polar surface area (TPSA) is 94.0 Å². The van der Waals surface area contributed by atoms with E-state index in [-0.39, 0.29) is 0 Å². The third kappa shape index (κ3) is 3.72. The molecule has 1 saturated heterocycles. The van der Waals surface area contributed by atoms with Crippen LogP contribution in [0.4, 0.5) is 5.95 Å². The smallest absolute Gasteiger partial charge is 0.225 e. The number of nitrogens with zero attached hydrogens (tertiary/aromatic N) is 6. The standard InChI is InChI=1S/C24H25N7O/c1-24(2,16-25)31-6-4-3-5-21(31)18-11-17-12-20(29-22(17)26-13-18)19-14-27-23(28-15-19)30-7-9-32-10-8-30/h3-5,11-15H,6-10H2,1-2H3,(H,26,29). The Labute approximate surface area is 186 Å². The minimum atomic E-state index is -0.617. The van der Waals surface area contributed by atoms with Gasteiger partial charge in [-0.1, -0.05) is 12.2 Å². The molecule has 0 bridgehead atoms. The SMILES string of the molecule is CC(C)(C#N)N1CC=CC=C1c1cnc2[nH]c(-c3cnc(N4CCOCC4)nc3)cc2c1. The van der Waals surface area contributed by atoms with Crippen LogP contribution in [-0.2, 0) is 4.74 Å². The Morgan fingerprint density at radius 2 is 1.81 bits per heavy atom. The third-order valence-corrected chi connectivity index (χ3v) is 5.93. The van der Waals surface area contributed by atoms with Crippen molar-refractivity contribution in [1.29, 1.82) is 5.26 Å². The molecule has 2 aliphatic heterocycles. The van der Waals surface area contributed by atoms with Crippen molar-refractivity contribution in [3.8, 4) is 17.3 Å². The van der Waals surface area contributed by atoms with E-state index < -0.39 is 5.54 Å². The zero-order chi connectivity index (χ0) is 22.1. The molecule has 0 saturated carbocycles. The second-order valence-corrected chi connectivity index (χ2v) is 8.48. The predicted molar refractivity (Wildman–Crippen MR) is 124 cm³/mol. The second-order valence-electron chi connectivity index (χ2n) is 8.48. The Kier molecular flexibility index (Phi) is 5.11. The molecule has 8 nitrogen and oxygen atoms in total. The summed E-state index contributed by atoms with van der Waals surface area (Å²) in [6.45, 7) is 7.58. The molecule has 0 aromatic carbocycles. The van der Waals surface area contributed by atoms with E-state index in [1.807, 2.05) is 44.6 Å². The molecular weight excluding hydrogens is 402 g/mol. The average Bonchev–Trinajstić information content (AvgIpc) is 3.28. The van der Waals surface area contributed by atoms with Gasteiger partial charge in [0.15, 0.2) is 0 Å².